The van der Waals surface area contributed by atoms with Crippen LogP contribution in [0.5, 0.6) is 0 Å². The number of amides is 3. The average Bonchev–Trinajstić information content (AvgIpc) is 3.15. The second kappa shape index (κ2) is 10.8. The Morgan fingerprint density at radius 1 is 1.21 bits per heavy atom. The van der Waals surface area contributed by atoms with E-state index in [2.05, 4.69) is 27.5 Å². The van der Waals surface area contributed by atoms with Crippen LogP contribution in [0.1, 0.15) is 24.4 Å². The molecule has 10 heteroatoms. The van der Waals surface area contributed by atoms with Crippen molar-refractivity contribution in [3.63, 3.8) is 0 Å². The molecule has 1 unspecified atom stereocenters. The van der Waals surface area contributed by atoms with Crippen LogP contribution in [0.4, 0.5) is 4.79 Å². The minimum atomic E-state index is -1.08. The largest absolute Gasteiger partial charge is 0.465 e. The number of hydrogen-bond donors (Lipinski definition) is 3. The molecule has 3 aromatic rings. The molecule has 1 aliphatic rings. The minimum absolute atomic E-state index is 0.206. The number of aromatic nitrogens is 2. The zero-order chi connectivity index (χ0) is 23.9. The molecule has 1 fully saturated rings. The SMILES string of the molecule is O=C(O)NCCOCCOCC#Cc1cccc2c1c1cccnc1n2C1CCC(=O)NC1=O. The highest BCUT2D eigenvalue weighted by atomic mass is 16.5. The number of piperidine rings is 1. The van der Waals surface area contributed by atoms with Crippen LogP contribution in [-0.2, 0) is 19.1 Å². The summed E-state index contributed by atoms with van der Waals surface area (Å²) in [6, 6.07) is 8.99. The van der Waals surface area contributed by atoms with E-state index < -0.39 is 12.1 Å². The van der Waals surface area contributed by atoms with Crippen molar-refractivity contribution in [2.24, 2.45) is 0 Å². The second-order valence-electron chi connectivity index (χ2n) is 7.61. The van der Waals surface area contributed by atoms with Crippen molar-refractivity contribution < 1.29 is 29.0 Å². The third-order valence-electron chi connectivity index (χ3n) is 5.40. The molecular formula is C24H24N4O6. The number of pyridine rings is 1. The fraction of sp³-hybridized carbons (Fsp3) is 0.333. The van der Waals surface area contributed by atoms with E-state index in [0.29, 0.717) is 25.3 Å². The van der Waals surface area contributed by atoms with Gasteiger partial charge in [-0.05, 0) is 30.7 Å². The van der Waals surface area contributed by atoms with Crippen molar-refractivity contribution in [2.45, 2.75) is 18.9 Å². The third kappa shape index (κ3) is 5.17. The van der Waals surface area contributed by atoms with Crippen LogP contribution in [0.25, 0.3) is 21.9 Å². The Morgan fingerprint density at radius 2 is 2.06 bits per heavy atom. The number of nitrogens with zero attached hydrogens (tertiary/aromatic N) is 2. The summed E-state index contributed by atoms with van der Waals surface area (Å²) in [7, 11) is 0. The van der Waals surface area contributed by atoms with Crippen LogP contribution in [0, 0.1) is 11.8 Å². The molecule has 1 aromatic carbocycles. The molecule has 3 N–H and O–H groups in total. The highest BCUT2D eigenvalue weighted by Gasteiger charge is 2.31. The number of imide groups is 1. The van der Waals surface area contributed by atoms with Crippen molar-refractivity contribution in [1.82, 2.24) is 20.2 Å². The van der Waals surface area contributed by atoms with Crippen LogP contribution in [-0.4, -0.2) is 65.5 Å². The average molecular weight is 464 g/mol. The molecule has 3 amide bonds. The molecule has 176 valence electrons. The van der Waals surface area contributed by atoms with E-state index in [9.17, 15) is 14.4 Å². The van der Waals surface area contributed by atoms with Crippen LogP contribution >= 0.6 is 0 Å². The first-order valence-corrected chi connectivity index (χ1v) is 10.9. The number of rotatable bonds is 8. The van der Waals surface area contributed by atoms with E-state index in [4.69, 9.17) is 14.6 Å². The van der Waals surface area contributed by atoms with Crippen LogP contribution < -0.4 is 10.6 Å². The molecule has 0 spiro atoms. The summed E-state index contributed by atoms with van der Waals surface area (Å²) in [4.78, 5) is 39.1. The van der Waals surface area contributed by atoms with Crippen molar-refractivity contribution in [2.75, 3.05) is 33.0 Å². The van der Waals surface area contributed by atoms with Gasteiger partial charge in [0, 0.05) is 35.5 Å². The lowest BCUT2D eigenvalue weighted by molar-refractivity contribution is -0.135. The molecule has 0 bridgehead atoms. The maximum atomic E-state index is 12.6. The standard InChI is InChI=1S/C24H24N4O6/c29-20-9-8-19(23(30)27-20)28-18-7-1-4-16(21(18)17-6-2-10-25-22(17)28)5-3-12-33-14-15-34-13-11-26-24(31)32/h1-2,4,6-7,10,19,26H,8-9,11-15H2,(H,31,32)(H,27,29,30). The van der Waals surface area contributed by atoms with Crippen molar-refractivity contribution >= 4 is 39.8 Å². The molecule has 0 radical (unpaired) electrons. The smallest absolute Gasteiger partial charge is 0.404 e. The molecule has 0 aliphatic carbocycles. The van der Waals surface area contributed by atoms with E-state index in [1.807, 2.05) is 34.9 Å². The number of nitrogens with one attached hydrogen (secondary N) is 2. The molecule has 1 aliphatic heterocycles. The summed E-state index contributed by atoms with van der Waals surface area (Å²) in [6.45, 7) is 1.38. The van der Waals surface area contributed by atoms with Crippen LogP contribution in [0.15, 0.2) is 36.5 Å². The van der Waals surface area contributed by atoms with Gasteiger partial charge in [-0.2, -0.15) is 0 Å². The summed E-state index contributed by atoms with van der Waals surface area (Å²) in [6.07, 6.45) is 1.29. The zero-order valence-electron chi connectivity index (χ0n) is 18.4. The summed E-state index contributed by atoms with van der Waals surface area (Å²) in [5.74, 6) is 5.57. The Kier molecular flexibility index (Phi) is 7.37. The normalized spacial score (nSPS) is 15.7. The Morgan fingerprint density at radius 3 is 2.88 bits per heavy atom. The number of benzene rings is 1. The molecule has 1 saturated heterocycles. The van der Waals surface area contributed by atoms with E-state index in [1.54, 1.807) is 6.20 Å². The summed E-state index contributed by atoms with van der Waals surface area (Å²) >= 11 is 0. The quantitative estimate of drug-likeness (QED) is 0.263. The van der Waals surface area contributed by atoms with Gasteiger partial charge in [-0.25, -0.2) is 9.78 Å². The van der Waals surface area contributed by atoms with Gasteiger partial charge in [0.15, 0.2) is 0 Å². The van der Waals surface area contributed by atoms with Gasteiger partial charge in [0.1, 0.15) is 18.3 Å². The molecule has 10 nitrogen and oxygen atoms in total. The van der Waals surface area contributed by atoms with Gasteiger partial charge in [-0.15, -0.1) is 0 Å². The lowest BCUT2D eigenvalue weighted by atomic mass is 10.1. The zero-order valence-corrected chi connectivity index (χ0v) is 18.4. The first-order valence-electron chi connectivity index (χ1n) is 10.9. The van der Waals surface area contributed by atoms with E-state index in [0.717, 1.165) is 21.9 Å². The van der Waals surface area contributed by atoms with Crippen molar-refractivity contribution in [3.05, 3.63) is 42.1 Å². The fourth-order valence-electron chi connectivity index (χ4n) is 3.97. The van der Waals surface area contributed by atoms with E-state index >= 15 is 0 Å². The monoisotopic (exact) mass is 464 g/mol. The Hall–Kier alpha value is -3.94. The molecule has 4 rings (SSSR count). The maximum absolute atomic E-state index is 12.6. The lowest BCUT2D eigenvalue weighted by Crippen LogP contribution is -2.41. The number of hydrogen-bond acceptors (Lipinski definition) is 6. The number of carboxylic acid groups (broad SMARTS) is 1. The number of carbonyl (C=O) groups is 3. The van der Waals surface area contributed by atoms with E-state index in [-0.39, 0.29) is 38.0 Å². The van der Waals surface area contributed by atoms with Gasteiger partial charge in [0.25, 0.3) is 0 Å². The van der Waals surface area contributed by atoms with E-state index in [1.165, 1.54) is 0 Å². The molecular weight excluding hydrogens is 440 g/mol. The van der Waals surface area contributed by atoms with Gasteiger partial charge >= 0.3 is 6.09 Å². The van der Waals surface area contributed by atoms with Crippen LogP contribution in [0.3, 0.4) is 0 Å². The molecule has 2 aromatic heterocycles. The highest BCUT2D eigenvalue weighted by Crippen LogP contribution is 2.34. The first-order chi connectivity index (χ1) is 16.6. The fourth-order valence-corrected chi connectivity index (χ4v) is 3.97. The minimum Gasteiger partial charge on any atom is -0.465 e. The molecule has 3 heterocycles. The lowest BCUT2D eigenvalue weighted by Gasteiger charge is -2.23. The Balaban J connectivity index is 1.49. The van der Waals surface area contributed by atoms with Gasteiger partial charge in [-0.1, -0.05) is 17.9 Å². The third-order valence-corrected chi connectivity index (χ3v) is 5.40. The molecule has 1 atom stereocenters. The first kappa shape index (κ1) is 23.2. The summed E-state index contributed by atoms with van der Waals surface area (Å²) in [5, 5.41) is 14.9. The molecule has 0 saturated carbocycles. The topological polar surface area (TPSA) is 132 Å². The number of fused-ring (bicyclic) bond motifs is 3. The Bertz CT molecular complexity index is 1290. The van der Waals surface area contributed by atoms with Crippen molar-refractivity contribution in [1.29, 1.82) is 0 Å². The van der Waals surface area contributed by atoms with Gasteiger partial charge in [0.05, 0.1) is 25.3 Å². The summed E-state index contributed by atoms with van der Waals surface area (Å²) < 4.78 is 12.6. The van der Waals surface area contributed by atoms with Crippen molar-refractivity contribution in [3.8, 4) is 11.8 Å². The number of carbonyl (C=O) groups excluding carboxylic acids is 2. The highest BCUT2D eigenvalue weighted by molar-refractivity contribution is 6.11. The van der Waals surface area contributed by atoms with Gasteiger partial charge < -0.3 is 24.5 Å². The molecule has 34 heavy (non-hydrogen) atoms. The van der Waals surface area contributed by atoms with Gasteiger partial charge in [0.2, 0.25) is 11.8 Å². The summed E-state index contributed by atoms with van der Waals surface area (Å²) in [5.41, 5.74) is 2.30. The van der Waals surface area contributed by atoms with Gasteiger partial charge in [-0.3, -0.25) is 14.9 Å². The second-order valence-corrected chi connectivity index (χ2v) is 7.61. The predicted molar refractivity (Wildman–Crippen MR) is 123 cm³/mol. The number of ether oxygens (including phenoxy) is 2. The Labute approximate surface area is 195 Å². The maximum Gasteiger partial charge on any atom is 0.404 e. The van der Waals surface area contributed by atoms with Crippen LogP contribution in [0.2, 0.25) is 0 Å². The predicted octanol–water partition coefficient (Wildman–Crippen LogP) is 1.82.